The fraction of sp³-hybridized carbons (Fsp3) is 0.462. The lowest BCUT2D eigenvalue weighted by Crippen LogP contribution is -2.22. The summed E-state index contributed by atoms with van der Waals surface area (Å²) in [5.41, 5.74) is 1.72. The Bertz CT molecular complexity index is 397. The van der Waals surface area contributed by atoms with Gasteiger partial charge in [-0.15, -0.1) is 0 Å². The first kappa shape index (κ1) is 11.1. The first-order chi connectivity index (χ1) is 7.61. The van der Waals surface area contributed by atoms with Gasteiger partial charge >= 0.3 is 5.97 Å². The minimum absolute atomic E-state index is 0.399. The van der Waals surface area contributed by atoms with Gasteiger partial charge in [0.2, 0.25) is 0 Å². The van der Waals surface area contributed by atoms with Gasteiger partial charge in [-0.25, -0.2) is 4.79 Å². The van der Waals surface area contributed by atoms with Crippen molar-refractivity contribution in [3.8, 4) is 0 Å². The maximum atomic E-state index is 11.0. The van der Waals surface area contributed by atoms with Crippen LogP contribution in [0.15, 0.2) is 24.3 Å². The Labute approximate surface area is 95.5 Å². The van der Waals surface area contributed by atoms with Crippen LogP contribution in [0.1, 0.15) is 35.7 Å². The van der Waals surface area contributed by atoms with E-state index in [9.17, 15) is 4.79 Å². The average molecular weight is 219 g/mol. The minimum atomic E-state index is -0.852. The molecular weight excluding hydrogens is 202 g/mol. The predicted molar refractivity (Wildman–Crippen MR) is 62.4 cm³/mol. The molecule has 0 saturated heterocycles. The van der Waals surface area contributed by atoms with Crippen molar-refractivity contribution in [1.82, 2.24) is 5.32 Å². The number of carboxylic acid groups (broad SMARTS) is 1. The fourth-order valence-electron chi connectivity index (χ4n) is 1.77. The van der Waals surface area contributed by atoms with Crippen LogP contribution in [0.3, 0.4) is 0 Å². The van der Waals surface area contributed by atoms with Crippen molar-refractivity contribution in [3.05, 3.63) is 35.4 Å². The number of carboxylic acids is 1. The van der Waals surface area contributed by atoms with Gasteiger partial charge in [0.25, 0.3) is 0 Å². The highest BCUT2D eigenvalue weighted by Crippen LogP contribution is 2.44. The summed E-state index contributed by atoms with van der Waals surface area (Å²) in [5, 5.41) is 12.3. The number of hydrogen-bond donors (Lipinski definition) is 2. The van der Waals surface area contributed by atoms with Crippen LogP contribution in [0.4, 0.5) is 0 Å². The largest absolute Gasteiger partial charge is 0.478 e. The van der Waals surface area contributed by atoms with Crippen molar-refractivity contribution in [2.45, 2.75) is 26.3 Å². The molecule has 1 aromatic carbocycles. The molecule has 0 radical (unpaired) electrons. The molecule has 3 nitrogen and oxygen atoms in total. The van der Waals surface area contributed by atoms with Gasteiger partial charge < -0.3 is 10.4 Å². The van der Waals surface area contributed by atoms with Gasteiger partial charge in [0, 0.05) is 13.1 Å². The van der Waals surface area contributed by atoms with Gasteiger partial charge in [0.15, 0.2) is 0 Å². The Morgan fingerprint density at radius 3 is 2.75 bits per heavy atom. The molecule has 0 heterocycles. The number of nitrogens with one attached hydrogen (secondary N) is 1. The van der Waals surface area contributed by atoms with Crippen molar-refractivity contribution in [1.29, 1.82) is 0 Å². The van der Waals surface area contributed by atoms with E-state index in [1.54, 1.807) is 12.1 Å². The Hall–Kier alpha value is -1.35. The highest BCUT2D eigenvalue weighted by Gasteiger charge is 2.36. The van der Waals surface area contributed by atoms with Crippen LogP contribution in [-0.2, 0) is 6.54 Å². The van der Waals surface area contributed by atoms with Crippen molar-refractivity contribution >= 4 is 5.97 Å². The molecule has 1 saturated carbocycles. The van der Waals surface area contributed by atoms with E-state index < -0.39 is 5.97 Å². The molecule has 0 spiro atoms. The second-order valence-electron chi connectivity index (χ2n) is 4.88. The summed E-state index contributed by atoms with van der Waals surface area (Å²) >= 11 is 0. The van der Waals surface area contributed by atoms with Crippen LogP contribution in [0.2, 0.25) is 0 Å². The van der Waals surface area contributed by atoms with E-state index in [0.717, 1.165) is 12.1 Å². The van der Waals surface area contributed by atoms with Crippen LogP contribution < -0.4 is 5.32 Å². The number of benzene rings is 1. The summed E-state index contributed by atoms with van der Waals surface area (Å²) < 4.78 is 0. The molecule has 0 amide bonds. The summed E-state index contributed by atoms with van der Waals surface area (Å²) in [6.07, 6.45) is 2.56. The molecule has 0 aromatic heterocycles. The molecule has 0 bridgehead atoms. The highest BCUT2D eigenvalue weighted by atomic mass is 16.4. The van der Waals surface area contributed by atoms with E-state index in [2.05, 4.69) is 12.2 Å². The van der Waals surface area contributed by atoms with E-state index in [-0.39, 0.29) is 0 Å². The van der Waals surface area contributed by atoms with Crippen molar-refractivity contribution in [3.63, 3.8) is 0 Å². The van der Waals surface area contributed by atoms with E-state index in [1.807, 2.05) is 12.1 Å². The zero-order valence-electron chi connectivity index (χ0n) is 9.49. The van der Waals surface area contributed by atoms with E-state index >= 15 is 0 Å². The predicted octanol–water partition coefficient (Wildman–Crippen LogP) is 2.27. The van der Waals surface area contributed by atoms with Crippen molar-refractivity contribution in [2.24, 2.45) is 5.41 Å². The molecule has 1 fully saturated rings. The number of hydrogen-bond acceptors (Lipinski definition) is 2. The van der Waals surface area contributed by atoms with Crippen LogP contribution in [0, 0.1) is 5.41 Å². The molecule has 0 atom stereocenters. The molecule has 3 heteroatoms. The van der Waals surface area contributed by atoms with E-state index in [0.29, 0.717) is 17.5 Å². The van der Waals surface area contributed by atoms with Gasteiger partial charge in [-0.2, -0.15) is 0 Å². The Morgan fingerprint density at radius 2 is 2.12 bits per heavy atom. The van der Waals surface area contributed by atoms with Gasteiger partial charge in [-0.1, -0.05) is 25.1 Å². The third kappa shape index (κ3) is 2.61. The number of aromatic carboxylic acids is 1. The maximum Gasteiger partial charge on any atom is 0.336 e. The van der Waals surface area contributed by atoms with Crippen LogP contribution >= 0.6 is 0 Å². The SMILES string of the molecule is CC1(CNCc2ccccc2C(=O)O)CC1. The highest BCUT2D eigenvalue weighted by molar-refractivity contribution is 5.89. The normalized spacial score (nSPS) is 17.1. The molecule has 2 N–H and O–H groups in total. The monoisotopic (exact) mass is 219 g/mol. The lowest BCUT2D eigenvalue weighted by molar-refractivity contribution is 0.0695. The third-order valence-corrected chi connectivity index (χ3v) is 3.22. The zero-order valence-corrected chi connectivity index (χ0v) is 9.49. The smallest absolute Gasteiger partial charge is 0.336 e. The second kappa shape index (κ2) is 4.26. The van der Waals surface area contributed by atoms with Crippen LogP contribution in [0.5, 0.6) is 0 Å². The molecule has 1 aliphatic carbocycles. The van der Waals surface area contributed by atoms with Gasteiger partial charge in [0.1, 0.15) is 0 Å². The number of rotatable bonds is 5. The fourth-order valence-corrected chi connectivity index (χ4v) is 1.77. The summed E-state index contributed by atoms with van der Waals surface area (Å²) in [5.74, 6) is -0.852. The Kier molecular flexibility index (Phi) is 2.97. The Balaban J connectivity index is 1.95. The first-order valence-corrected chi connectivity index (χ1v) is 5.63. The molecule has 0 aliphatic heterocycles. The van der Waals surface area contributed by atoms with Crippen LogP contribution in [-0.4, -0.2) is 17.6 Å². The molecule has 1 aliphatic rings. The first-order valence-electron chi connectivity index (χ1n) is 5.63. The quantitative estimate of drug-likeness (QED) is 0.798. The molecule has 16 heavy (non-hydrogen) atoms. The topological polar surface area (TPSA) is 49.3 Å². The standard InChI is InChI=1S/C13H17NO2/c1-13(6-7-13)9-14-8-10-4-2-3-5-11(10)12(15)16/h2-5,14H,6-9H2,1H3,(H,15,16). The molecular formula is C13H17NO2. The van der Waals surface area contributed by atoms with Gasteiger partial charge in [-0.3, -0.25) is 0 Å². The lowest BCUT2D eigenvalue weighted by Gasteiger charge is -2.11. The Morgan fingerprint density at radius 1 is 1.44 bits per heavy atom. The van der Waals surface area contributed by atoms with Crippen molar-refractivity contribution < 1.29 is 9.90 Å². The molecule has 86 valence electrons. The van der Waals surface area contributed by atoms with Gasteiger partial charge in [-0.05, 0) is 29.9 Å². The third-order valence-electron chi connectivity index (χ3n) is 3.22. The van der Waals surface area contributed by atoms with Crippen LogP contribution in [0.25, 0.3) is 0 Å². The lowest BCUT2D eigenvalue weighted by atomic mass is 10.1. The summed E-state index contributed by atoms with van der Waals surface area (Å²) in [7, 11) is 0. The summed E-state index contributed by atoms with van der Waals surface area (Å²) in [6, 6.07) is 7.15. The maximum absolute atomic E-state index is 11.0. The second-order valence-corrected chi connectivity index (χ2v) is 4.88. The number of carbonyl (C=O) groups is 1. The average Bonchev–Trinajstić information content (AvgIpc) is 2.97. The van der Waals surface area contributed by atoms with E-state index in [4.69, 9.17) is 5.11 Å². The van der Waals surface area contributed by atoms with Crippen molar-refractivity contribution in [2.75, 3.05) is 6.54 Å². The van der Waals surface area contributed by atoms with Gasteiger partial charge in [0.05, 0.1) is 5.56 Å². The molecule has 2 rings (SSSR count). The zero-order chi connectivity index (χ0) is 11.6. The molecule has 1 aromatic rings. The summed E-state index contributed by atoms with van der Waals surface area (Å²) in [6.45, 7) is 3.86. The minimum Gasteiger partial charge on any atom is -0.478 e. The molecule has 0 unspecified atom stereocenters. The van der Waals surface area contributed by atoms with E-state index in [1.165, 1.54) is 12.8 Å². The summed E-state index contributed by atoms with van der Waals surface area (Å²) in [4.78, 5) is 11.0.